The fraction of sp³-hybridized carbons (Fsp3) is 0.263. The molecule has 0 aliphatic carbocycles. The Morgan fingerprint density at radius 2 is 1.79 bits per heavy atom. The van der Waals surface area contributed by atoms with Crippen LogP contribution in [-0.2, 0) is 17.1 Å². The van der Waals surface area contributed by atoms with E-state index in [1.807, 2.05) is 35.9 Å². The molecule has 0 aliphatic heterocycles. The van der Waals surface area contributed by atoms with Crippen LogP contribution in [0, 0.1) is 0 Å². The van der Waals surface area contributed by atoms with Crippen LogP contribution in [0.25, 0.3) is 11.4 Å². The van der Waals surface area contributed by atoms with Gasteiger partial charge in [0.25, 0.3) is 0 Å². The maximum absolute atomic E-state index is 12.1. The average Bonchev–Trinajstić information content (AvgIpc) is 3.06. The van der Waals surface area contributed by atoms with Gasteiger partial charge < -0.3 is 9.30 Å². The standard InChI is InChI=1S/C19H21ClN4O3S2/c1-23(2)29(25,26)15-10-8-14(9-11-15)27-12-13-28-19-22-21-18(24(19)3)16-6-4-5-7-17(16)20/h4-11H,12-13H2,1-3H3. The summed E-state index contributed by atoms with van der Waals surface area (Å²) in [4.78, 5) is 0.232. The van der Waals surface area contributed by atoms with Gasteiger partial charge in [0.1, 0.15) is 5.75 Å². The van der Waals surface area contributed by atoms with E-state index in [2.05, 4.69) is 10.2 Å². The van der Waals surface area contributed by atoms with Crippen molar-refractivity contribution in [2.24, 2.45) is 7.05 Å². The zero-order valence-electron chi connectivity index (χ0n) is 16.2. The summed E-state index contributed by atoms with van der Waals surface area (Å²) in [6, 6.07) is 13.9. The number of rotatable bonds is 8. The Morgan fingerprint density at radius 1 is 1.10 bits per heavy atom. The van der Waals surface area contributed by atoms with Crippen LogP contribution in [0.5, 0.6) is 5.75 Å². The van der Waals surface area contributed by atoms with Gasteiger partial charge in [-0.2, -0.15) is 0 Å². The van der Waals surface area contributed by atoms with Crippen LogP contribution in [0.2, 0.25) is 5.02 Å². The van der Waals surface area contributed by atoms with Crippen LogP contribution >= 0.6 is 23.4 Å². The average molecular weight is 453 g/mol. The van der Waals surface area contributed by atoms with Gasteiger partial charge in [0.2, 0.25) is 10.0 Å². The van der Waals surface area contributed by atoms with Crippen LogP contribution in [0.4, 0.5) is 0 Å². The Hall–Kier alpha value is -2.07. The number of sulfonamides is 1. The van der Waals surface area contributed by atoms with Gasteiger partial charge in [0, 0.05) is 32.5 Å². The Kier molecular flexibility index (Phi) is 6.84. The summed E-state index contributed by atoms with van der Waals surface area (Å²) in [6.45, 7) is 0.443. The normalized spacial score (nSPS) is 11.8. The van der Waals surface area contributed by atoms with Crippen molar-refractivity contribution in [2.45, 2.75) is 10.1 Å². The second-order valence-electron chi connectivity index (χ2n) is 6.30. The molecule has 0 fully saturated rings. The predicted molar refractivity (Wildman–Crippen MR) is 115 cm³/mol. The number of benzene rings is 2. The van der Waals surface area contributed by atoms with E-state index in [0.29, 0.717) is 29.0 Å². The molecule has 0 atom stereocenters. The molecule has 0 bridgehead atoms. The molecule has 2 aromatic carbocycles. The number of aromatic nitrogens is 3. The van der Waals surface area contributed by atoms with Crippen molar-refractivity contribution >= 4 is 33.4 Å². The summed E-state index contributed by atoms with van der Waals surface area (Å²) in [6.07, 6.45) is 0. The summed E-state index contributed by atoms with van der Waals surface area (Å²) in [5.74, 6) is 1.97. The van der Waals surface area contributed by atoms with E-state index in [0.717, 1.165) is 10.7 Å². The molecule has 0 aliphatic rings. The van der Waals surface area contributed by atoms with Gasteiger partial charge in [-0.3, -0.25) is 0 Å². The maximum atomic E-state index is 12.1. The Balaban J connectivity index is 1.56. The molecule has 0 amide bonds. The van der Waals surface area contributed by atoms with Crippen molar-refractivity contribution in [3.63, 3.8) is 0 Å². The second kappa shape index (κ2) is 9.17. The quantitative estimate of drug-likeness (QED) is 0.384. The van der Waals surface area contributed by atoms with Crippen molar-refractivity contribution in [1.29, 1.82) is 0 Å². The van der Waals surface area contributed by atoms with Crippen LogP contribution in [0.15, 0.2) is 58.6 Å². The Labute approximate surface area is 179 Å². The molecule has 0 N–H and O–H groups in total. The number of thioether (sulfide) groups is 1. The van der Waals surface area contributed by atoms with Gasteiger partial charge in [-0.25, -0.2) is 12.7 Å². The minimum atomic E-state index is -3.44. The third-order valence-corrected chi connectivity index (χ3v) is 7.28. The first-order valence-corrected chi connectivity index (χ1v) is 11.5. The Bertz CT molecular complexity index is 1080. The number of halogens is 1. The highest BCUT2D eigenvalue weighted by Gasteiger charge is 2.17. The molecule has 3 rings (SSSR count). The molecule has 7 nitrogen and oxygen atoms in total. The molecular formula is C19H21ClN4O3S2. The smallest absolute Gasteiger partial charge is 0.242 e. The highest BCUT2D eigenvalue weighted by molar-refractivity contribution is 7.99. The molecule has 0 spiro atoms. The highest BCUT2D eigenvalue weighted by Crippen LogP contribution is 2.28. The van der Waals surface area contributed by atoms with Crippen molar-refractivity contribution in [1.82, 2.24) is 19.1 Å². The molecule has 0 radical (unpaired) electrons. The summed E-state index contributed by atoms with van der Waals surface area (Å²) in [5.41, 5.74) is 0.833. The fourth-order valence-corrected chi connectivity index (χ4v) is 4.38. The molecule has 10 heteroatoms. The number of hydrogen-bond donors (Lipinski definition) is 0. The third-order valence-electron chi connectivity index (χ3n) is 4.14. The molecular weight excluding hydrogens is 432 g/mol. The first kappa shape index (κ1) is 21.6. The second-order valence-corrected chi connectivity index (χ2v) is 9.92. The van der Waals surface area contributed by atoms with Crippen LogP contribution < -0.4 is 4.74 Å². The summed E-state index contributed by atoms with van der Waals surface area (Å²) in [5, 5.41) is 9.85. The maximum Gasteiger partial charge on any atom is 0.242 e. The fourth-order valence-electron chi connectivity index (χ4n) is 2.53. The lowest BCUT2D eigenvalue weighted by molar-refractivity contribution is 0.343. The van der Waals surface area contributed by atoms with E-state index in [-0.39, 0.29) is 4.90 Å². The van der Waals surface area contributed by atoms with Crippen molar-refractivity contribution in [2.75, 3.05) is 26.5 Å². The minimum Gasteiger partial charge on any atom is -0.493 e. The van der Waals surface area contributed by atoms with Crippen LogP contribution in [0.1, 0.15) is 0 Å². The third kappa shape index (κ3) is 4.92. The topological polar surface area (TPSA) is 77.3 Å². The molecule has 1 aromatic heterocycles. The minimum absolute atomic E-state index is 0.232. The first-order chi connectivity index (χ1) is 13.8. The first-order valence-electron chi connectivity index (χ1n) is 8.73. The van der Waals surface area contributed by atoms with E-state index < -0.39 is 10.0 Å². The largest absolute Gasteiger partial charge is 0.493 e. The molecule has 1 heterocycles. The predicted octanol–water partition coefficient (Wildman–Crippen LogP) is 3.56. The number of nitrogens with zero attached hydrogens (tertiary/aromatic N) is 4. The molecule has 29 heavy (non-hydrogen) atoms. The molecule has 0 saturated heterocycles. The molecule has 0 unspecified atom stereocenters. The van der Waals surface area contributed by atoms with Crippen molar-refractivity contribution < 1.29 is 13.2 Å². The lowest BCUT2D eigenvalue weighted by Crippen LogP contribution is -2.22. The van der Waals surface area contributed by atoms with Gasteiger partial charge in [0.15, 0.2) is 11.0 Å². The van der Waals surface area contributed by atoms with Gasteiger partial charge in [-0.05, 0) is 36.4 Å². The van der Waals surface area contributed by atoms with Crippen molar-refractivity contribution in [3.05, 3.63) is 53.6 Å². The molecule has 3 aromatic rings. The van der Waals surface area contributed by atoms with Crippen LogP contribution in [0.3, 0.4) is 0 Å². The van der Waals surface area contributed by atoms with E-state index in [9.17, 15) is 8.42 Å². The summed E-state index contributed by atoms with van der Waals surface area (Å²) < 4.78 is 32.9. The molecule has 154 valence electrons. The number of hydrogen-bond acceptors (Lipinski definition) is 6. The van der Waals surface area contributed by atoms with Crippen LogP contribution in [-0.4, -0.2) is 53.9 Å². The Morgan fingerprint density at radius 3 is 2.45 bits per heavy atom. The number of ether oxygens (including phenoxy) is 1. The van der Waals surface area contributed by atoms with Gasteiger partial charge >= 0.3 is 0 Å². The monoisotopic (exact) mass is 452 g/mol. The van der Waals surface area contributed by atoms with Crippen molar-refractivity contribution in [3.8, 4) is 17.1 Å². The summed E-state index contributed by atoms with van der Waals surface area (Å²) >= 11 is 7.76. The van der Waals surface area contributed by atoms with E-state index >= 15 is 0 Å². The zero-order chi connectivity index (χ0) is 21.0. The van der Waals surface area contributed by atoms with Gasteiger partial charge in [-0.1, -0.05) is 35.5 Å². The lowest BCUT2D eigenvalue weighted by atomic mass is 10.2. The van der Waals surface area contributed by atoms with Gasteiger partial charge in [0.05, 0.1) is 16.5 Å². The van der Waals surface area contributed by atoms with E-state index in [1.54, 1.807) is 12.1 Å². The zero-order valence-corrected chi connectivity index (χ0v) is 18.6. The van der Waals surface area contributed by atoms with Gasteiger partial charge in [-0.15, -0.1) is 10.2 Å². The molecule has 0 saturated carbocycles. The highest BCUT2D eigenvalue weighted by atomic mass is 35.5. The van der Waals surface area contributed by atoms with E-state index in [1.165, 1.54) is 42.3 Å². The van der Waals surface area contributed by atoms with E-state index in [4.69, 9.17) is 16.3 Å². The summed E-state index contributed by atoms with van der Waals surface area (Å²) in [7, 11) is 1.46. The lowest BCUT2D eigenvalue weighted by Gasteiger charge is -2.12. The SMILES string of the molecule is CN(C)S(=O)(=O)c1ccc(OCCSc2nnc(-c3ccccc3Cl)n2C)cc1.